The van der Waals surface area contributed by atoms with Crippen molar-refractivity contribution in [2.75, 3.05) is 20.8 Å². The molecule has 18 heavy (non-hydrogen) atoms. The van der Waals surface area contributed by atoms with Crippen LogP contribution in [0, 0.1) is 0 Å². The summed E-state index contributed by atoms with van der Waals surface area (Å²) in [6, 6.07) is 5.38. The van der Waals surface area contributed by atoms with E-state index < -0.39 is 0 Å². The molecule has 0 bridgehead atoms. The van der Waals surface area contributed by atoms with Gasteiger partial charge in [0.1, 0.15) is 11.5 Å². The second-order valence-electron chi connectivity index (χ2n) is 3.94. The third-order valence-corrected chi connectivity index (χ3v) is 2.66. The van der Waals surface area contributed by atoms with Gasteiger partial charge in [0.15, 0.2) is 0 Å². The van der Waals surface area contributed by atoms with E-state index in [0.29, 0.717) is 18.7 Å². The van der Waals surface area contributed by atoms with Gasteiger partial charge in [0, 0.05) is 24.6 Å². The maximum Gasteiger partial charge on any atom is 0.221 e. The molecule has 0 aliphatic rings. The van der Waals surface area contributed by atoms with Crippen molar-refractivity contribution in [2.45, 2.75) is 19.4 Å². The van der Waals surface area contributed by atoms with Gasteiger partial charge in [0.05, 0.1) is 20.3 Å². The van der Waals surface area contributed by atoms with Crippen LogP contribution < -0.4 is 20.5 Å². The van der Waals surface area contributed by atoms with Crippen molar-refractivity contribution < 1.29 is 14.3 Å². The number of carbonyl (C=O) groups excluding carboxylic acids is 1. The van der Waals surface area contributed by atoms with Crippen LogP contribution in [-0.4, -0.2) is 26.7 Å². The molecule has 100 valence electrons. The molecule has 1 rings (SSSR count). The van der Waals surface area contributed by atoms with E-state index in [-0.39, 0.29) is 11.9 Å². The molecule has 1 aromatic carbocycles. The zero-order valence-corrected chi connectivity index (χ0v) is 11.0. The van der Waals surface area contributed by atoms with Crippen LogP contribution >= 0.6 is 0 Å². The van der Waals surface area contributed by atoms with Gasteiger partial charge in [-0.25, -0.2) is 0 Å². The van der Waals surface area contributed by atoms with E-state index in [2.05, 4.69) is 5.32 Å². The number of nitrogens with one attached hydrogen (secondary N) is 1. The summed E-state index contributed by atoms with van der Waals surface area (Å²) in [5.41, 5.74) is 6.24. The van der Waals surface area contributed by atoms with Crippen molar-refractivity contribution in [1.29, 1.82) is 0 Å². The minimum Gasteiger partial charge on any atom is -0.497 e. The Bertz CT molecular complexity index is 407. The van der Waals surface area contributed by atoms with Gasteiger partial charge in [0.25, 0.3) is 0 Å². The minimum atomic E-state index is -0.134. The Morgan fingerprint density at radius 3 is 2.67 bits per heavy atom. The van der Waals surface area contributed by atoms with E-state index in [1.54, 1.807) is 20.3 Å². The summed E-state index contributed by atoms with van der Waals surface area (Å²) >= 11 is 0. The molecule has 3 N–H and O–H groups in total. The molecule has 0 aliphatic heterocycles. The largest absolute Gasteiger partial charge is 0.497 e. The second-order valence-corrected chi connectivity index (χ2v) is 3.94. The van der Waals surface area contributed by atoms with Crippen molar-refractivity contribution in [1.82, 2.24) is 5.32 Å². The highest BCUT2D eigenvalue weighted by atomic mass is 16.5. The molecule has 0 radical (unpaired) electrons. The maximum atomic E-state index is 11.5. The quantitative estimate of drug-likeness (QED) is 0.798. The zero-order chi connectivity index (χ0) is 13.5. The van der Waals surface area contributed by atoms with Gasteiger partial charge in [-0.1, -0.05) is 0 Å². The van der Waals surface area contributed by atoms with Gasteiger partial charge in [0.2, 0.25) is 5.91 Å². The van der Waals surface area contributed by atoms with Crippen molar-refractivity contribution in [2.24, 2.45) is 5.73 Å². The molecule has 1 atom stereocenters. The molecule has 0 aromatic heterocycles. The molecule has 0 fully saturated rings. The summed E-state index contributed by atoms with van der Waals surface area (Å²) < 4.78 is 10.4. The normalized spacial score (nSPS) is 11.8. The van der Waals surface area contributed by atoms with Crippen LogP contribution in [0.15, 0.2) is 18.2 Å². The maximum absolute atomic E-state index is 11.5. The summed E-state index contributed by atoms with van der Waals surface area (Å²) in [5, 5.41) is 2.87. The lowest BCUT2D eigenvalue weighted by Crippen LogP contribution is -2.28. The summed E-state index contributed by atoms with van der Waals surface area (Å²) in [6.45, 7) is 2.25. The Labute approximate surface area is 107 Å². The third kappa shape index (κ3) is 3.63. The standard InChI is InChI=1S/C13H20N2O3/c1-9(15-13(16)6-7-14)11-5-4-10(17-2)8-12(11)18-3/h4-5,8-9H,6-7,14H2,1-3H3,(H,15,16). The van der Waals surface area contributed by atoms with E-state index in [1.807, 2.05) is 19.1 Å². The Balaban J connectivity index is 2.84. The Morgan fingerprint density at radius 1 is 1.39 bits per heavy atom. The number of methoxy groups -OCH3 is 2. The number of amides is 1. The lowest BCUT2D eigenvalue weighted by atomic mass is 10.1. The summed E-state index contributed by atoms with van der Waals surface area (Å²) in [6.07, 6.45) is 0.322. The number of rotatable bonds is 6. The smallest absolute Gasteiger partial charge is 0.221 e. The molecule has 0 saturated carbocycles. The van der Waals surface area contributed by atoms with Crippen molar-refractivity contribution in [3.8, 4) is 11.5 Å². The topological polar surface area (TPSA) is 73.6 Å². The molecule has 5 nitrogen and oxygen atoms in total. The van der Waals surface area contributed by atoms with Crippen molar-refractivity contribution in [3.05, 3.63) is 23.8 Å². The molecule has 1 unspecified atom stereocenters. The van der Waals surface area contributed by atoms with Gasteiger partial charge in [-0.2, -0.15) is 0 Å². The first-order valence-electron chi connectivity index (χ1n) is 5.83. The minimum absolute atomic E-state index is 0.0668. The molecule has 1 aromatic rings. The van der Waals surface area contributed by atoms with E-state index in [0.717, 1.165) is 11.3 Å². The molecule has 0 spiro atoms. The molecular formula is C13H20N2O3. The number of benzene rings is 1. The van der Waals surface area contributed by atoms with Crippen LogP contribution in [0.3, 0.4) is 0 Å². The monoisotopic (exact) mass is 252 g/mol. The van der Waals surface area contributed by atoms with Crippen LogP contribution in [0.25, 0.3) is 0 Å². The number of carbonyl (C=O) groups is 1. The fraction of sp³-hybridized carbons (Fsp3) is 0.462. The van der Waals surface area contributed by atoms with E-state index in [1.165, 1.54) is 0 Å². The lowest BCUT2D eigenvalue weighted by molar-refractivity contribution is -0.121. The summed E-state index contributed by atoms with van der Waals surface area (Å²) in [7, 11) is 3.19. The van der Waals surface area contributed by atoms with Crippen LogP contribution in [0.5, 0.6) is 11.5 Å². The van der Waals surface area contributed by atoms with Crippen LogP contribution in [0.4, 0.5) is 0 Å². The fourth-order valence-electron chi connectivity index (χ4n) is 1.70. The van der Waals surface area contributed by atoms with E-state index >= 15 is 0 Å². The van der Waals surface area contributed by atoms with Crippen LogP contribution in [0.1, 0.15) is 24.9 Å². The number of nitrogens with two attached hydrogens (primary N) is 1. The van der Waals surface area contributed by atoms with Crippen LogP contribution in [0.2, 0.25) is 0 Å². The molecule has 0 saturated heterocycles. The highest BCUT2D eigenvalue weighted by molar-refractivity contribution is 5.76. The average molecular weight is 252 g/mol. The third-order valence-electron chi connectivity index (χ3n) is 2.66. The first kappa shape index (κ1) is 14.3. The molecular weight excluding hydrogens is 232 g/mol. The fourth-order valence-corrected chi connectivity index (χ4v) is 1.70. The van der Waals surface area contributed by atoms with Gasteiger partial charge in [-0.15, -0.1) is 0 Å². The second kappa shape index (κ2) is 6.86. The predicted octanol–water partition coefficient (Wildman–Crippen LogP) is 1.23. The number of hydrogen-bond donors (Lipinski definition) is 2. The van der Waals surface area contributed by atoms with Crippen molar-refractivity contribution in [3.63, 3.8) is 0 Å². The lowest BCUT2D eigenvalue weighted by Gasteiger charge is -2.17. The molecule has 1 amide bonds. The van der Waals surface area contributed by atoms with Gasteiger partial charge >= 0.3 is 0 Å². The first-order valence-corrected chi connectivity index (χ1v) is 5.83. The highest BCUT2D eigenvalue weighted by Gasteiger charge is 2.14. The first-order chi connectivity index (χ1) is 8.62. The Morgan fingerprint density at radius 2 is 2.11 bits per heavy atom. The van der Waals surface area contributed by atoms with E-state index in [9.17, 15) is 4.79 Å². The molecule has 0 heterocycles. The van der Waals surface area contributed by atoms with E-state index in [4.69, 9.17) is 15.2 Å². The van der Waals surface area contributed by atoms with Crippen LogP contribution in [-0.2, 0) is 4.79 Å². The number of hydrogen-bond acceptors (Lipinski definition) is 4. The van der Waals surface area contributed by atoms with Gasteiger partial charge < -0.3 is 20.5 Å². The van der Waals surface area contributed by atoms with Gasteiger partial charge in [-0.05, 0) is 19.1 Å². The number of ether oxygens (including phenoxy) is 2. The highest BCUT2D eigenvalue weighted by Crippen LogP contribution is 2.29. The van der Waals surface area contributed by atoms with Gasteiger partial charge in [-0.3, -0.25) is 4.79 Å². The summed E-state index contributed by atoms with van der Waals surface area (Å²) in [5.74, 6) is 1.34. The Hall–Kier alpha value is -1.75. The Kier molecular flexibility index (Phi) is 5.45. The van der Waals surface area contributed by atoms with Crippen molar-refractivity contribution >= 4 is 5.91 Å². The molecule has 5 heteroatoms. The SMILES string of the molecule is COc1ccc(C(C)NC(=O)CCN)c(OC)c1. The molecule has 0 aliphatic carbocycles. The zero-order valence-electron chi connectivity index (χ0n) is 11.0. The summed E-state index contributed by atoms with van der Waals surface area (Å²) in [4.78, 5) is 11.5. The predicted molar refractivity (Wildman–Crippen MR) is 69.8 cm³/mol. The average Bonchev–Trinajstić information content (AvgIpc) is 2.38.